The number of nitrogens with zero attached hydrogens (tertiary/aromatic N) is 4. The van der Waals surface area contributed by atoms with Crippen molar-refractivity contribution in [2.24, 2.45) is 0 Å². The standard InChI is InChI=1S/C21H24N6O7S/c1-21(2)33-14-15(19(28)22-3)32-20(16(14)34-21)27-10-26-13-17(24-9-25-18(13)27)23-8-11-4-6-12(7-5-11)35(29,30)31/h4-7,9-10,14-16,20H,8H2,1-3H3,(H,22,28)(H,23,24,25)(H,29,30,31)/t14-,15+,16-,20-/m1/s1. The molecule has 2 aliphatic rings. The number of imidazole rings is 1. The molecule has 4 atom stereocenters. The monoisotopic (exact) mass is 504 g/mol. The number of hydrogen-bond donors (Lipinski definition) is 3. The van der Waals surface area contributed by atoms with E-state index in [1.165, 1.54) is 25.5 Å². The number of likely N-dealkylation sites (N-methyl/N-ethyl adjacent to an activating group) is 1. The molecular formula is C21H24N6O7S. The summed E-state index contributed by atoms with van der Waals surface area (Å²) in [6.07, 6.45) is 0.204. The SMILES string of the molecule is CNC(=O)[C@H]1O[C@@H](n2cnc3c(NCc4ccc(S(=O)(=O)O)cc4)ncnc32)[C@@H]2OC(C)(C)O[C@@H]21. The molecule has 13 nitrogen and oxygen atoms in total. The third-order valence-corrected chi connectivity index (χ3v) is 6.72. The van der Waals surface area contributed by atoms with Crippen LogP contribution >= 0.6 is 0 Å². The summed E-state index contributed by atoms with van der Waals surface area (Å²) in [4.78, 5) is 25.3. The second-order valence-corrected chi connectivity index (χ2v) is 10.1. The summed E-state index contributed by atoms with van der Waals surface area (Å²) < 4.78 is 51.3. The summed E-state index contributed by atoms with van der Waals surface area (Å²) in [5, 5.41) is 5.76. The minimum Gasteiger partial charge on any atom is -0.364 e. The Labute approximate surface area is 200 Å². The number of carbonyl (C=O) groups excluding carboxylic acids is 1. The van der Waals surface area contributed by atoms with Crippen molar-refractivity contribution in [3.05, 3.63) is 42.5 Å². The number of benzene rings is 1. The van der Waals surface area contributed by atoms with Crippen LogP contribution in [0.3, 0.4) is 0 Å². The van der Waals surface area contributed by atoms with E-state index in [1.807, 2.05) is 0 Å². The third-order valence-electron chi connectivity index (χ3n) is 5.85. The molecule has 35 heavy (non-hydrogen) atoms. The molecule has 3 aromatic rings. The van der Waals surface area contributed by atoms with Gasteiger partial charge >= 0.3 is 0 Å². The van der Waals surface area contributed by atoms with E-state index in [4.69, 9.17) is 18.8 Å². The predicted molar refractivity (Wildman–Crippen MR) is 121 cm³/mol. The molecule has 0 saturated carbocycles. The maximum atomic E-state index is 12.4. The highest BCUT2D eigenvalue weighted by Crippen LogP contribution is 2.43. The molecule has 4 heterocycles. The molecule has 186 valence electrons. The molecule has 0 radical (unpaired) electrons. The Morgan fingerprint density at radius 2 is 1.86 bits per heavy atom. The van der Waals surface area contributed by atoms with Gasteiger partial charge in [0.2, 0.25) is 0 Å². The highest BCUT2D eigenvalue weighted by atomic mass is 32.2. The van der Waals surface area contributed by atoms with Gasteiger partial charge in [-0.1, -0.05) is 12.1 Å². The summed E-state index contributed by atoms with van der Waals surface area (Å²) in [6.45, 7) is 3.88. The lowest BCUT2D eigenvalue weighted by molar-refractivity contribution is -0.197. The molecule has 14 heteroatoms. The van der Waals surface area contributed by atoms with Gasteiger partial charge in [0.25, 0.3) is 16.0 Å². The van der Waals surface area contributed by atoms with Gasteiger partial charge in [-0.25, -0.2) is 15.0 Å². The normalized spacial score (nSPS) is 25.5. The Morgan fingerprint density at radius 3 is 2.54 bits per heavy atom. The Kier molecular flexibility index (Phi) is 5.72. The van der Waals surface area contributed by atoms with Crippen molar-refractivity contribution in [1.29, 1.82) is 0 Å². The summed E-state index contributed by atoms with van der Waals surface area (Å²) >= 11 is 0. The van der Waals surface area contributed by atoms with Crippen molar-refractivity contribution in [3.63, 3.8) is 0 Å². The fourth-order valence-electron chi connectivity index (χ4n) is 4.29. The van der Waals surface area contributed by atoms with Crippen molar-refractivity contribution in [2.75, 3.05) is 12.4 Å². The minimum absolute atomic E-state index is 0.185. The molecular weight excluding hydrogens is 480 g/mol. The van der Waals surface area contributed by atoms with E-state index in [2.05, 4.69) is 25.6 Å². The van der Waals surface area contributed by atoms with Gasteiger partial charge in [0.15, 0.2) is 35.1 Å². The van der Waals surface area contributed by atoms with E-state index in [9.17, 15) is 13.2 Å². The summed E-state index contributed by atoms with van der Waals surface area (Å²) in [6, 6.07) is 5.80. The summed E-state index contributed by atoms with van der Waals surface area (Å²) in [7, 11) is -2.72. The van der Waals surface area contributed by atoms with Crippen LogP contribution in [-0.4, -0.2) is 69.5 Å². The van der Waals surface area contributed by atoms with E-state index in [1.54, 1.807) is 36.9 Å². The zero-order valence-electron chi connectivity index (χ0n) is 19.1. The van der Waals surface area contributed by atoms with Crippen molar-refractivity contribution in [1.82, 2.24) is 24.8 Å². The van der Waals surface area contributed by atoms with Gasteiger partial charge in [0, 0.05) is 13.6 Å². The van der Waals surface area contributed by atoms with Crippen LogP contribution in [-0.2, 0) is 35.7 Å². The third kappa shape index (κ3) is 4.34. The first-order chi connectivity index (χ1) is 16.6. The molecule has 3 N–H and O–H groups in total. The molecule has 1 amide bonds. The molecule has 0 unspecified atom stereocenters. The second-order valence-electron chi connectivity index (χ2n) is 8.65. The molecule has 0 spiro atoms. The Bertz CT molecular complexity index is 1370. The lowest BCUT2D eigenvalue weighted by atomic mass is 10.1. The minimum atomic E-state index is -4.26. The zero-order valence-corrected chi connectivity index (χ0v) is 19.9. The van der Waals surface area contributed by atoms with E-state index < -0.39 is 40.4 Å². The number of hydrogen-bond acceptors (Lipinski definition) is 10. The Morgan fingerprint density at radius 1 is 1.14 bits per heavy atom. The van der Waals surface area contributed by atoms with Crippen LogP contribution < -0.4 is 10.6 Å². The molecule has 2 aliphatic heterocycles. The van der Waals surface area contributed by atoms with Gasteiger partial charge in [0.05, 0.1) is 11.2 Å². The topological polar surface area (TPSA) is 167 Å². The van der Waals surface area contributed by atoms with Crippen LogP contribution in [0.25, 0.3) is 11.2 Å². The van der Waals surface area contributed by atoms with Gasteiger partial charge < -0.3 is 24.8 Å². The van der Waals surface area contributed by atoms with Crippen LogP contribution in [0.1, 0.15) is 25.6 Å². The number of aromatic nitrogens is 4. The average Bonchev–Trinajstić information content (AvgIpc) is 3.47. The van der Waals surface area contributed by atoms with E-state index >= 15 is 0 Å². The number of amides is 1. The lowest BCUT2D eigenvalue weighted by Gasteiger charge is -2.24. The number of anilines is 1. The molecule has 0 bridgehead atoms. The van der Waals surface area contributed by atoms with Crippen LogP contribution in [0, 0.1) is 0 Å². The second kappa shape index (κ2) is 8.49. The van der Waals surface area contributed by atoms with Crippen LogP contribution in [0.2, 0.25) is 0 Å². The van der Waals surface area contributed by atoms with E-state index in [0.717, 1.165) is 5.56 Å². The molecule has 5 rings (SSSR count). The van der Waals surface area contributed by atoms with E-state index in [0.29, 0.717) is 23.5 Å². The van der Waals surface area contributed by atoms with Gasteiger partial charge in [-0.05, 0) is 31.5 Å². The highest BCUT2D eigenvalue weighted by molar-refractivity contribution is 7.85. The smallest absolute Gasteiger partial charge is 0.294 e. The molecule has 1 aromatic carbocycles. The quantitative estimate of drug-likeness (QED) is 0.407. The summed E-state index contributed by atoms with van der Waals surface area (Å²) in [5.41, 5.74) is 1.71. The number of ether oxygens (including phenoxy) is 3. The average molecular weight is 505 g/mol. The van der Waals surface area contributed by atoms with Gasteiger partial charge in [-0.2, -0.15) is 8.42 Å². The number of fused-ring (bicyclic) bond motifs is 2. The molecule has 2 saturated heterocycles. The highest BCUT2D eigenvalue weighted by Gasteiger charge is 2.58. The Balaban J connectivity index is 1.40. The maximum absolute atomic E-state index is 12.4. The van der Waals surface area contributed by atoms with Gasteiger partial charge in [-0.15, -0.1) is 0 Å². The first-order valence-electron chi connectivity index (χ1n) is 10.8. The fourth-order valence-corrected chi connectivity index (χ4v) is 4.77. The zero-order chi connectivity index (χ0) is 25.0. The molecule has 2 aromatic heterocycles. The first-order valence-corrected chi connectivity index (χ1v) is 12.2. The molecule has 0 aliphatic carbocycles. The maximum Gasteiger partial charge on any atom is 0.294 e. The van der Waals surface area contributed by atoms with Crippen molar-refractivity contribution in [2.45, 2.75) is 55.6 Å². The van der Waals surface area contributed by atoms with Crippen LogP contribution in [0.5, 0.6) is 0 Å². The van der Waals surface area contributed by atoms with E-state index in [-0.39, 0.29) is 10.8 Å². The van der Waals surface area contributed by atoms with Crippen LogP contribution in [0.4, 0.5) is 5.82 Å². The van der Waals surface area contributed by atoms with Crippen molar-refractivity contribution >= 4 is 33.0 Å². The fraction of sp³-hybridized carbons (Fsp3) is 0.429. The van der Waals surface area contributed by atoms with Gasteiger partial charge in [-0.3, -0.25) is 13.9 Å². The largest absolute Gasteiger partial charge is 0.364 e. The van der Waals surface area contributed by atoms with Crippen molar-refractivity contribution < 1.29 is 32.0 Å². The molecule has 2 fully saturated rings. The van der Waals surface area contributed by atoms with Crippen molar-refractivity contribution in [3.8, 4) is 0 Å². The summed E-state index contributed by atoms with van der Waals surface area (Å²) in [5.74, 6) is -0.744. The van der Waals surface area contributed by atoms with Gasteiger partial charge in [0.1, 0.15) is 18.5 Å². The number of rotatable bonds is 6. The number of nitrogens with one attached hydrogen (secondary N) is 2. The Hall–Kier alpha value is -3.17. The predicted octanol–water partition coefficient (Wildman–Crippen LogP) is 0.849. The number of carbonyl (C=O) groups is 1. The van der Waals surface area contributed by atoms with Crippen LogP contribution in [0.15, 0.2) is 41.8 Å². The lowest BCUT2D eigenvalue weighted by Crippen LogP contribution is -2.41. The first kappa shape index (κ1) is 23.6.